The first-order chi connectivity index (χ1) is 10.1. The lowest BCUT2D eigenvalue weighted by atomic mass is 9.71. The summed E-state index contributed by atoms with van der Waals surface area (Å²) >= 11 is 6.05. The molecular weight excluding hydrogens is 284 g/mol. The van der Waals surface area contributed by atoms with Crippen molar-refractivity contribution >= 4 is 11.6 Å². The monoisotopic (exact) mass is 300 g/mol. The second-order valence-electron chi connectivity index (χ2n) is 6.13. The Kier molecular flexibility index (Phi) is 3.61. The second-order valence-corrected chi connectivity index (χ2v) is 6.57. The quantitative estimate of drug-likeness (QED) is 0.842. The first kappa shape index (κ1) is 14.3. The maximum atomic E-state index is 9.83. The van der Waals surface area contributed by atoms with Gasteiger partial charge in [-0.2, -0.15) is 10.5 Å². The number of nitriles is 2. The topological polar surface area (TPSA) is 63.7 Å². The molecule has 0 spiro atoms. The second kappa shape index (κ2) is 5.30. The van der Waals surface area contributed by atoms with Crippen LogP contribution < -0.4 is 0 Å². The molecule has 2 bridgehead atoms. The summed E-state index contributed by atoms with van der Waals surface area (Å²) in [5.41, 5.74) is 0.397. The minimum Gasteiger partial charge on any atom is -0.282 e. The Labute approximate surface area is 130 Å². The van der Waals surface area contributed by atoms with Gasteiger partial charge in [-0.05, 0) is 44.2 Å². The highest BCUT2D eigenvalue weighted by molar-refractivity contribution is 6.30. The predicted molar refractivity (Wildman–Crippen MR) is 79.5 cm³/mol. The van der Waals surface area contributed by atoms with E-state index in [2.05, 4.69) is 22.0 Å². The van der Waals surface area contributed by atoms with E-state index in [-0.39, 0.29) is 6.04 Å². The van der Waals surface area contributed by atoms with E-state index in [1.54, 1.807) is 12.4 Å². The van der Waals surface area contributed by atoms with Crippen LogP contribution in [0.25, 0.3) is 0 Å². The zero-order valence-corrected chi connectivity index (χ0v) is 12.7. The van der Waals surface area contributed by atoms with Gasteiger partial charge < -0.3 is 0 Å². The van der Waals surface area contributed by atoms with Crippen LogP contribution in [0.15, 0.2) is 18.5 Å². The molecule has 1 aromatic heterocycles. The van der Waals surface area contributed by atoms with Crippen molar-refractivity contribution in [1.29, 1.82) is 10.5 Å². The van der Waals surface area contributed by atoms with E-state index < -0.39 is 5.41 Å². The van der Waals surface area contributed by atoms with Crippen molar-refractivity contribution < 1.29 is 0 Å². The van der Waals surface area contributed by atoms with Gasteiger partial charge in [0.05, 0.1) is 28.6 Å². The fourth-order valence-corrected chi connectivity index (χ4v) is 4.22. The first-order valence-electron chi connectivity index (χ1n) is 7.29. The lowest BCUT2D eigenvalue weighted by molar-refractivity contribution is 0.0875. The van der Waals surface area contributed by atoms with Crippen molar-refractivity contribution in [1.82, 2.24) is 9.88 Å². The van der Waals surface area contributed by atoms with Crippen LogP contribution in [-0.4, -0.2) is 28.0 Å². The molecule has 2 aliphatic rings. The smallest absolute Gasteiger partial charge is 0.0954 e. The van der Waals surface area contributed by atoms with Crippen LogP contribution in [0.2, 0.25) is 5.02 Å². The van der Waals surface area contributed by atoms with Crippen LogP contribution in [0, 0.1) is 22.7 Å². The minimum absolute atomic E-state index is 0.0864. The van der Waals surface area contributed by atoms with Gasteiger partial charge in [-0.1, -0.05) is 11.6 Å². The Balaban J connectivity index is 1.95. The van der Waals surface area contributed by atoms with Gasteiger partial charge in [-0.25, -0.2) is 0 Å². The number of nitrogens with zero attached hydrogens (tertiary/aromatic N) is 4. The average Bonchev–Trinajstić information content (AvgIpc) is 2.77. The Hall–Kier alpha value is -1.62. The minimum atomic E-state index is -0.518. The van der Waals surface area contributed by atoms with Gasteiger partial charge in [0.1, 0.15) is 0 Å². The molecule has 0 saturated carbocycles. The van der Waals surface area contributed by atoms with Crippen molar-refractivity contribution in [3.05, 3.63) is 29.0 Å². The van der Waals surface area contributed by atoms with Gasteiger partial charge in [0, 0.05) is 24.5 Å². The number of pyridine rings is 1. The van der Waals surface area contributed by atoms with Crippen LogP contribution in [0.5, 0.6) is 0 Å². The fourth-order valence-electron chi connectivity index (χ4n) is 4.05. The third-order valence-corrected chi connectivity index (χ3v) is 5.16. The van der Waals surface area contributed by atoms with Crippen molar-refractivity contribution in [2.45, 2.75) is 56.1 Å². The van der Waals surface area contributed by atoms with E-state index in [0.717, 1.165) is 31.2 Å². The first-order valence-corrected chi connectivity index (χ1v) is 7.67. The van der Waals surface area contributed by atoms with Gasteiger partial charge >= 0.3 is 0 Å². The molecular formula is C16H17ClN4. The normalized spacial score (nSPS) is 33.1. The van der Waals surface area contributed by atoms with E-state index in [0.29, 0.717) is 17.1 Å². The van der Waals surface area contributed by atoms with Crippen LogP contribution in [0.4, 0.5) is 0 Å². The SMILES string of the molecule is CC(C#N)N1C2CCC1CC(C#N)(c1cncc(Cl)c1)C2. The number of fused-ring (bicyclic) bond motifs is 2. The number of piperidine rings is 1. The van der Waals surface area contributed by atoms with E-state index >= 15 is 0 Å². The molecule has 21 heavy (non-hydrogen) atoms. The third kappa shape index (κ3) is 2.29. The molecule has 108 valence electrons. The summed E-state index contributed by atoms with van der Waals surface area (Å²) in [7, 11) is 0. The third-order valence-electron chi connectivity index (χ3n) is 4.95. The summed E-state index contributed by atoms with van der Waals surface area (Å²) in [6, 6.07) is 7.25. The summed E-state index contributed by atoms with van der Waals surface area (Å²) in [6.07, 6.45) is 7.00. The lowest BCUT2D eigenvalue weighted by Gasteiger charge is -2.44. The molecule has 4 nitrogen and oxygen atoms in total. The fraction of sp³-hybridized carbons (Fsp3) is 0.562. The van der Waals surface area contributed by atoms with Crippen molar-refractivity contribution in [3.8, 4) is 12.1 Å². The standard InChI is InChI=1S/C16H17ClN4/c1-11(7-18)21-14-2-3-15(21)6-16(5-14,10-19)12-4-13(17)9-20-8-12/h4,8-9,11,14-15H,2-3,5-6H2,1H3. The highest BCUT2D eigenvalue weighted by Crippen LogP contribution is 2.47. The van der Waals surface area contributed by atoms with E-state index in [1.807, 2.05) is 13.0 Å². The van der Waals surface area contributed by atoms with Crippen LogP contribution in [0.1, 0.15) is 38.2 Å². The zero-order chi connectivity index (χ0) is 15.0. The Bertz CT molecular complexity index is 616. The molecule has 2 aliphatic heterocycles. The summed E-state index contributed by atoms with van der Waals surface area (Å²) < 4.78 is 0. The molecule has 0 aliphatic carbocycles. The number of hydrogen-bond donors (Lipinski definition) is 0. The molecule has 3 heterocycles. The molecule has 0 N–H and O–H groups in total. The highest BCUT2D eigenvalue weighted by Gasteiger charge is 2.50. The summed E-state index contributed by atoms with van der Waals surface area (Å²) in [5, 5.41) is 19.6. The van der Waals surface area contributed by atoms with Crippen LogP contribution >= 0.6 is 11.6 Å². The molecule has 0 aromatic carbocycles. The molecule has 1 aromatic rings. The largest absolute Gasteiger partial charge is 0.282 e. The molecule has 2 fully saturated rings. The molecule has 0 radical (unpaired) electrons. The summed E-state index contributed by atoms with van der Waals surface area (Å²) in [6.45, 7) is 1.95. The van der Waals surface area contributed by atoms with E-state index in [4.69, 9.17) is 11.6 Å². The molecule has 3 atom stereocenters. The Morgan fingerprint density at radius 3 is 2.52 bits per heavy atom. The molecule has 3 unspecified atom stereocenters. The number of aromatic nitrogens is 1. The number of halogens is 1. The average molecular weight is 301 g/mol. The highest BCUT2D eigenvalue weighted by atomic mass is 35.5. The number of rotatable bonds is 2. The van der Waals surface area contributed by atoms with Crippen molar-refractivity contribution in [2.75, 3.05) is 0 Å². The summed E-state index contributed by atoms with van der Waals surface area (Å²) in [4.78, 5) is 6.44. The van der Waals surface area contributed by atoms with Gasteiger partial charge in [0.25, 0.3) is 0 Å². The molecule has 2 saturated heterocycles. The van der Waals surface area contributed by atoms with Gasteiger partial charge in [0.2, 0.25) is 0 Å². The van der Waals surface area contributed by atoms with Gasteiger partial charge in [-0.15, -0.1) is 0 Å². The maximum absolute atomic E-state index is 9.83. The van der Waals surface area contributed by atoms with Gasteiger partial charge in [-0.3, -0.25) is 9.88 Å². The molecule has 3 rings (SSSR count). The van der Waals surface area contributed by atoms with Crippen LogP contribution in [0.3, 0.4) is 0 Å². The van der Waals surface area contributed by atoms with E-state index in [9.17, 15) is 10.5 Å². The van der Waals surface area contributed by atoms with E-state index in [1.165, 1.54) is 0 Å². The van der Waals surface area contributed by atoms with Gasteiger partial charge in [0.15, 0.2) is 0 Å². The van der Waals surface area contributed by atoms with Crippen molar-refractivity contribution in [3.63, 3.8) is 0 Å². The van der Waals surface area contributed by atoms with Crippen molar-refractivity contribution in [2.24, 2.45) is 0 Å². The zero-order valence-electron chi connectivity index (χ0n) is 12.0. The number of hydrogen-bond acceptors (Lipinski definition) is 4. The molecule has 5 heteroatoms. The maximum Gasteiger partial charge on any atom is 0.0954 e. The lowest BCUT2D eigenvalue weighted by Crippen LogP contribution is -2.52. The molecule has 0 amide bonds. The Morgan fingerprint density at radius 1 is 1.33 bits per heavy atom. The Morgan fingerprint density at radius 2 is 2.00 bits per heavy atom. The van der Waals surface area contributed by atoms with Crippen LogP contribution in [-0.2, 0) is 5.41 Å². The predicted octanol–water partition coefficient (Wildman–Crippen LogP) is 3.04. The summed E-state index contributed by atoms with van der Waals surface area (Å²) in [5.74, 6) is 0.